The summed E-state index contributed by atoms with van der Waals surface area (Å²) < 4.78 is 5.62. The van der Waals surface area contributed by atoms with Crippen LogP contribution >= 0.6 is 0 Å². The third kappa shape index (κ3) is 1.61. The smallest absolute Gasteiger partial charge is 0.154 e. The molecule has 0 saturated heterocycles. The van der Waals surface area contributed by atoms with Gasteiger partial charge < -0.3 is 14.7 Å². The van der Waals surface area contributed by atoms with E-state index in [0.29, 0.717) is 18.4 Å². The average Bonchev–Trinajstić information content (AvgIpc) is 2.62. The van der Waals surface area contributed by atoms with Crippen LogP contribution in [-0.2, 0) is 11.2 Å². The molecule has 0 aromatic carbocycles. The van der Waals surface area contributed by atoms with Crippen molar-refractivity contribution in [1.29, 1.82) is 0 Å². The van der Waals surface area contributed by atoms with Crippen LogP contribution in [0.2, 0.25) is 0 Å². The number of rotatable bonds is 1. The van der Waals surface area contributed by atoms with Crippen LogP contribution in [0.1, 0.15) is 5.56 Å². The molecular formula is C14H16N2O2. The molecule has 0 bridgehead atoms. The molecule has 1 N–H and O–H groups in total. The summed E-state index contributed by atoms with van der Waals surface area (Å²) in [5.41, 5.74) is 2.54. The quantitative estimate of drug-likeness (QED) is 0.702. The lowest BCUT2D eigenvalue weighted by atomic mass is 10.1. The second-order valence-electron chi connectivity index (χ2n) is 4.94. The second-order valence-corrected chi connectivity index (χ2v) is 4.94. The molecule has 0 radical (unpaired) electrons. The van der Waals surface area contributed by atoms with Crippen molar-refractivity contribution in [3.8, 4) is 0 Å². The van der Waals surface area contributed by atoms with Gasteiger partial charge in [0.1, 0.15) is 12.9 Å². The molecule has 1 atom stereocenters. The van der Waals surface area contributed by atoms with E-state index in [1.807, 2.05) is 18.5 Å². The van der Waals surface area contributed by atoms with Crippen molar-refractivity contribution < 1.29 is 9.84 Å². The summed E-state index contributed by atoms with van der Waals surface area (Å²) in [5, 5.41) is 11.4. The van der Waals surface area contributed by atoms with Crippen LogP contribution < -0.4 is 10.4 Å². The zero-order chi connectivity index (χ0) is 12.7. The van der Waals surface area contributed by atoms with E-state index in [9.17, 15) is 0 Å². The fraction of sp³-hybridized carbons (Fsp3) is 0.357. The predicted octanol–water partition coefficient (Wildman–Crippen LogP) is -0.0713. The van der Waals surface area contributed by atoms with E-state index < -0.39 is 0 Å². The molecule has 4 nitrogen and oxygen atoms in total. The number of ether oxygens (including phenoxy) is 1. The summed E-state index contributed by atoms with van der Waals surface area (Å²) in [7, 11) is 4.15. The van der Waals surface area contributed by atoms with Gasteiger partial charge in [-0.3, -0.25) is 4.98 Å². The van der Waals surface area contributed by atoms with Gasteiger partial charge >= 0.3 is 0 Å². The van der Waals surface area contributed by atoms with Gasteiger partial charge in [-0.05, 0) is 42.9 Å². The molecule has 1 aromatic rings. The summed E-state index contributed by atoms with van der Waals surface area (Å²) in [6, 6.07) is 0.356. The monoisotopic (exact) mass is 244 g/mol. The lowest BCUT2D eigenvalue weighted by Crippen LogP contribution is -2.32. The maximum atomic E-state index is 9.13. The lowest BCUT2D eigenvalue weighted by Gasteiger charge is -2.22. The van der Waals surface area contributed by atoms with Crippen molar-refractivity contribution >= 4 is 11.6 Å². The minimum absolute atomic E-state index is 0.356. The lowest BCUT2D eigenvalue weighted by molar-refractivity contribution is 0.243. The molecule has 1 unspecified atom stereocenters. The van der Waals surface area contributed by atoms with E-state index in [2.05, 4.69) is 24.0 Å². The first kappa shape index (κ1) is 11.3. The van der Waals surface area contributed by atoms with Crippen LogP contribution in [0.25, 0.3) is 11.6 Å². The van der Waals surface area contributed by atoms with Gasteiger partial charge in [-0.25, -0.2) is 0 Å². The first-order valence-electron chi connectivity index (χ1n) is 6.02. The van der Waals surface area contributed by atoms with Gasteiger partial charge in [-0.1, -0.05) is 0 Å². The molecule has 0 saturated carbocycles. The number of aromatic nitrogens is 1. The number of aliphatic hydroxyl groups excluding tert-OH is 1. The summed E-state index contributed by atoms with van der Waals surface area (Å²) >= 11 is 0. The van der Waals surface area contributed by atoms with Crippen LogP contribution in [0.3, 0.4) is 0 Å². The van der Waals surface area contributed by atoms with Gasteiger partial charge in [0.15, 0.2) is 5.76 Å². The summed E-state index contributed by atoms with van der Waals surface area (Å²) in [6.45, 7) is 0.524. The van der Waals surface area contributed by atoms with Crippen molar-refractivity contribution in [2.45, 2.75) is 12.5 Å². The predicted molar refractivity (Wildman–Crippen MR) is 69.2 cm³/mol. The van der Waals surface area contributed by atoms with Crippen molar-refractivity contribution in [1.82, 2.24) is 9.88 Å². The van der Waals surface area contributed by atoms with Gasteiger partial charge in [0.2, 0.25) is 0 Å². The molecule has 0 spiro atoms. The number of hydrogen-bond donors (Lipinski definition) is 1. The Hall–Kier alpha value is -1.81. The Morgan fingerprint density at radius 2 is 2.28 bits per heavy atom. The highest BCUT2D eigenvalue weighted by molar-refractivity contribution is 5.62. The Bertz CT molecular complexity index is 632. The highest BCUT2D eigenvalue weighted by Crippen LogP contribution is 2.20. The van der Waals surface area contributed by atoms with Crippen molar-refractivity contribution in [3.05, 3.63) is 40.4 Å². The summed E-state index contributed by atoms with van der Waals surface area (Å²) in [6.07, 6.45) is 7.59. The first-order valence-corrected chi connectivity index (χ1v) is 6.02. The van der Waals surface area contributed by atoms with Crippen molar-refractivity contribution in [2.75, 3.05) is 20.7 Å². The molecule has 1 aliphatic carbocycles. The van der Waals surface area contributed by atoms with E-state index in [4.69, 9.17) is 9.84 Å². The van der Waals surface area contributed by atoms with Crippen LogP contribution in [0.5, 0.6) is 0 Å². The number of allylic oxidation sites excluding steroid dienone is 1. The molecule has 2 aliphatic rings. The Balaban J connectivity index is 2.30. The second kappa shape index (κ2) is 4.14. The molecule has 0 fully saturated rings. The Labute approximate surface area is 106 Å². The van der Waals surface area contributed by atoms with E-state index >= 15 is 0 Å². The molecule has 4 heteroatoms. The number of likely N-dealkylation sites (N-methyl/N-ethyl adjacent to an activating group) is 1. The van der Waals surface area contributed by atoms with Crippen molar-refractivity contribution in [3.63, 3.8) is 0 Å². The number of aliphatic hydroxyl groups is 1. The Morgan fingerprint density at radius 3 is 3.00 bits per heavy atom. The molecule has 3 rings (SSSR count). The minimum atomic E-state index is 0.356. The van der Waals surface area contributed by atoms with Crippen molar-refractivity contribution in [2.24, 2.45) is 0 Å². The highest BCUT2D eigenvalue weighted by Gasteiger charge is 2.27. The van der Waals surface area contributed by atoms with Crippen LogP contribution in [0.15, 0.2) is 24.4 Å². The van der Waals surface area contributed by atoms with E-state index in [0.717, 1.165) is 17.9 Å². The number of nitrogens with zero attached hydrogens (tertiary/aromatic N) is 2. The highest BCUT2D eigenvalue weighted by atomic mass is 16.5. The molecule has 0 amide bonds. The average molecular weight is 244 g/mol. The van der Waals surface area contributed by atoms with E-state index in [1.54, 1.807) is 0 Å². The summed E-state index contributed by atoms with van der Waals surface area (Å²) in [4.78, 5) is 6.48. The first-order chi connectivity index (χ1) is 8.70. The Kier molecular flexibility index (Phi) is 2.59. The standard InChI is InChI=1S/C14H16N2O2/c1-16(2)13-4-10-6-15-5-9-3-11(7-17)18-8-12(13)14(9)10/h3,5-7,13,17H,4,8H2,1-2H3/b11-7-. The fourth-order valence-corrected chi connectivity index (χ4v) is 2.77. The zero-order valence-electron chi connectivity index (χ0n) is 10.6. The van der Waals surface area contributed by atoms with E-state index in [1.165, 1.54) is 16.4 Å². The SMILES string of the molecule is CN(C)C1Cc2cncc3c2=C1CO/C(=C\O)C=3. The zero-order valence-corrected chi connectivity index (χ0v) is 10.6. The van der Waals surface area contributed by atoms with Gasteiger partial charge in [-0.15, -0.1) is 0 Å². The maximum Gasteiger partial charge on any atom is 0.154 e. The van der Waals surface area contributed by atoms with Crippen LogP contribution in [-0.4, -0.2) is 41.7 Å². The normalized spacial score (nSPS) is 23.6. The molecule has 2 heterocycles. The van der Waals surface area contributed by atoms with Gasteiger partial charge in [0.25, 0.3) is 0 Å². The van der Waals surface area contributed by atoms with E-state index in [-0.39, 0.29) is 0 Å². The largest absolute Gasteiger partial charge is 0.512 e. The summed E-state index contributed by atoms with van der Waals surface area (Å²) in [5.74, 6) is 0.490. The van der Waals surface area contributed by atoms with Gasteiger partial charge in [0.05, 0.1) is 0 Å². The third-order valence-corrected chi connectivity index (χ3v) is 3.63. The van der Waals surface area contributed by atoms with Gasteiger partial charge in [-0.2, -0.15) is 0 Å². The number of hydrogen-bond acceptors (Lipinski definition) is 4. The van der Waals surface area contributed by atoms with Crippen LogP contribution in [0, 0.1) is 0 Å². The molecule has 1 aliphatic heterocycles. The Morgan fingerprint density at radius 1 is 1.44 bits per heavy atom. The van der Waals surface area contributed by atoms with Gasteiger partial charge in [0, 0.05) is 23.7 Å². The molecular weight excluding hydrogens is 228 g/mol. The van der Waals surface area contributed by atoms with Crippen LogP contribution in [0.4, 0.5) is 0 Å². The third-order valence-electron chi connectivity index (χ3n) is 3.63. The molecule has 18 heavy (non-hydrogen) atoms. The fourth-order valence-electron chi connectivity index (χ4n) is 2.77. The minimum Gasteiger partial charge on any atom is -0.512 e. The topological polar surface area (TPSA) is 45.6 Å². The maximum absolute atomic E-state index is 9.13. The molecule has 94 valence electrons. The number of pyridine rings is 1. The molecule has 1 aromatic heterocycles.